The predicted octanol–water partition coefficient (Wildman–Crippen LogP) is 3.70. The van der Waals surface area contributed by atoms with Crippen molar-refractivity contribution in [1.82, 2.24) is 0 Å². The summed E-state index contributed by atoms with van der Waals surface area (Å²) in [6, 6.07) is 2.25. The lowest BCUT2D eigenvalue weighted by Gasteiger charge is -2.17. The average Bonchev–Trinajstić information content (AvgIpc) is 2.72. The Morgan fingerprint density at radius 2 is 2.42 bits per heavy atom. The number of thiophene rings is 1. The molecular weight excluding hydrogens is 280 g/mol. The van der Waals surface area contributed by atoms with E-state index in [-0.39, 0.29) is 5.91 Å². The average molecular weight is 297 g/mol. The van der Waals surface area contributed by atoms with Gasteiger partial charge in [-0.25, -0.2) is 0 Å². The summed E-state index contributed by atoms with van der Waals surface area (Å²) in [7, 11) is 0. The number of nitrogens with one attached hydrogen (secondary N) is 1. The van der Waals surface area contributed by atoms with Crippen molar-refractivity contribution in [2.75, 3.05) is 11.2 Å². The lowest BCUT2D eigenvalue weighted by atomic mass is 9.89. The minimum Gasteiger partial charge on any atom is -0.317 e. The Balaban J connectivity index is 2.17. The summed E-state index contributed by atoms with van der Waals surface area (Å²) in [6.45, 7) is 2.23. The van der Waals surface area contributed by atoms with Crippen LogP contribution in [0.25, 0.3) is 0 Å². The van der Waals surface area contributed by atoms with Gasteiger partial charge in [-0.3, -0.25) is 4.79 Å². The number of hydrogen-bond acceptors (Lipinski definition) is 3. The standard InChI is InChI=1S/C14H17ClN2OS/c1-9-4-5-10-11(8-16)14(19-12(10)7-9)17-13(18)3-2-6-15/h9H,2-7H2,1H3,(H,17,18). The van der Waals surface area contributed by atoms with E-state index in [0.717, 1.165) is 29.8 Å². The molecule has 19 heavy (non-hydrogen) atoms. The molecule has 0 fully saturated rings. The fourth-order valence-corrected chi connectivity index (χ4v) is 3.88. The van der Waals surface area contributed by atoms with Gasteiger partial charge in [0.1, 0.15) is 11.1 Å². The molecule has 1 amide bonds. The molecule has 0 saturated heterocycles. The Bertz CT molecular complexity index is 518. The maximum Gasteiger partial charge on any atom is 0.225 e. The topological polar surface area (TPSA) is 52.9 Å². The normalized spacial score (nSPS) is 17.6. The van der Waals surface area contributed by atoms with Gasteiger partial charge in [-0.05, 0) is 37.2 Å². The third-order valence-electron chi connectivity index (χ3n) is 3.41. The second-order valence-electron chi connectivity index (χ2n) is 5.01. The predicted molar refractivity (Wildman–Crippen MR) is 78.8 cm³/mol. The first-order valence-corrected chi connectivity index (χ1v) is 7.91. The molecule has 3 nitrogen and oxygen atoms in total. The fraction of sp³-hybridized carbons (Fsp3) is 0.571. The van der Waals surface area contributed by atoms with Crippen molar-refractivity contribution in [2.45, 2.75) is 39.0 Å². The highest BCUT2D eigenvalue weighted by Crippen LogP contribution is 2.39. The molecule has 1 aromatic rings. The van der Waals surface area contributed by atoms with Crippen molar-refractivity contribution < 1.29 is 4.79 Å². The van der Waals surface area contributed by atoms with Gasteiger partial charge in [-0.1, -0.05) is 6.92 Å². The van der Waals surface area contributed by atoms with Crippen molar-refractivity contribution in [3.63, 3.8) is 0 Å². The van der Waals surface area contributed by atoms with Crippen LogP contribution in [0.5, 0.6) is 0 Å². The largest absolute Gasteiger partial charge is 0.317 e. The van der Waals surface area contributed by atoms with Gasteiger partial charge >= 0.3 is 0 Å². The zero-order valence-corrected chi connectivity index (χ0v) is 12.5. The zero-order chi connectivity index (χ0) is 13.8. The van der Waals surface area contributed by atoms with Gasteiger partial charge < -0.3 is 5.32 Å². The van der Waals surface area contributed by atoms with E-state index in [4.69, 9.17) is 11.6 Å². The first-order chi connectivity index (χ1) is 9.15. The van der Waals surface area contributed by atoms with Gasteiger partial charge in [-0.2, -0.15) is 5.26 Å². The quantitative estimate of drug-likeness (QED) is 0.861. The lowest BCUT2D eigenvalue weighted by Crippen LogP contribution is -2.11. The van der Waals surface area contributed by atoms with Crippen molar-refractivity contribution >= 4 is 33.8 Å². The van der Waals surface area contributed by atoms with Gasteiger partial charge in [0.2, 0.25) is 5.91 Å². The first-order valence-electron chi connectivity index (χ1n) is 6.56. The molecule has 1 atom stereocenters. The van der Waals surface area contributed by atoms with Crippen LogP contribution in [0, 0.1) is 17.2 Å². The van der Waals surface area contributed by atoms with E-state index in [1.807, 2.05) is 0 Å². The minimum absolute atomic E-state index is 0.0520. The van der Waals surface area contributed by atoms with E-state index in [1.54, 1.807) is 11.3 Å². The summed E-state index contributed by atoms with van der Waals surface area (Å²) in [5.41, 5.74) is 1.82. The third kappa shape index (κ3) is 3.29. The summed E-state index contributed by atoms with van der Waals surface area (Å²) >= 11 is 7.14. The molecule has 0 saturated carbocycles. The molecule has 2 rings (SSSR count). The molecule has 1 heterocycles. The molecule has 0 spiro atoms. The van der Waals surface area contributed by atoms with Crippen LogP contribution in [0.15, 0.2) is 0 Å². The molecule has 1 N–H and O–H groups in total. The maximum atomic E-state index is 11.7. The number of nitrogens with zero attached hydrogens (tertiary/aromatic N) is 1. The van der Waals surface area contributed by atoms with Crippen LogP contribution >= 0.6 is 22.9 Å². The SMILES string of the molecule is CC1CCc2c(sc(NC(=O)CCCCl)c2C#N)C1. The maximum absolute atomic E-state index is 11.7. The highest BCUT2D eigenvalue weighted by molar-refractivity contribution is 7.16. The van der Waals surface area contributed by atoms with Crippen molar-refractivity contribution in [3.05, 3.63) is 16.0 Å². The zero-order valence-electron chi connectivity index (χ0n) is 11.0. The Kier molecular flexibility index (Phi) is 4.84. The summed E-state index contributed by atoms with van der Waals surface area (Å²) < 4.78 is 0. The number of alkyl halides is 1. The molecule has 1 aliphatic carbocycles. The lowest BCUT2D eigenvalue weighted by molar-refractivity contribution is -0.116. The number of amides is 1. The van der Waals surface area contributed by atoms with Crippen LogP contribution in [0.2, 0.25) is 0 Å². The van der Waals surface area contributed by atoms with E-state index in [2.05, 4.69) is 18.3 Å². The van der Waals surface area contributed by atoms with Gasteiger partial charge in [0.05, 0.1) is 5.56 Å². The van der Waals surface area contributed by atoms with Crippen LogP contribution in [-0.2, 0) is 17.6 Å². The minimum atomic E-state index is -0.0520. The molecular formula is C14H17ClN2OS. The summed E-state index contributed by atoms with van der Waals surface area (Å²) in [5.74, 6) is 1.10. The van der Waals surface area contributed by atoms with E-state index >= 15 is 0 Å². The molecule has 1 unspecified atom stereocenters. The molecule has 0 radical (unpaired) electrons. The molecule has 0 bridgehead atoms. The monoisotopic (exact) mass is 296 g/mol. The summed E-state index contributed by atoms with van der Waals surface area (Å²) in [5, 5.41) is 12.9. The number of hydrogen-bond donors (Lipinski definition) is 1. The van der Waals surface area contributed by atoms with Crippen molar-refractivity contribution in [1.29, 1.82) is 5.26 Å². The molecule has 1 aliphatic rings. The Morgan fingerprint density at radius 1 is 1.63 bits per heavy atom. The second kappa shape index (κ2) is 6.40. The Hall–Kier alpha value is -1.05. The van der Waals surface area contributed by atoms with Crippen LogP contribution in [-0.4, -0.2) is 11.8 Å². The second-order valence-corrected chi connectivity index (χ2v) is 6.49. The van der Waals surface area contributed by atoms with Gasteiger partial charge in [0, 0.05) is 17.2 Å². The summed E-state index contributed by atoms with van der Waals surface area (Å²) in [6.07, 6.45) is 4.17. The number of anilines is 1. The van der Waals surface area contributed by atoms with Crippen molar-refractivity contribution in [2.24, 2.45) is 5.92 Å². The Morgan fingerprint density at radius 3 is 3.11 bits per heavy atom. The Labute approximate surface area is 122 Å². The number of carbonyl (C=O) groups excluding carboxylic acids is 1. The van der Waals surface area contributed by atoms with Crippen molar-refractivity contribution in [3.8, 4) is 6.07 Å². The number of carbonyl (C=O) groups is 1. The van der Waals surface area contributed by atoms with Crippen LogP contribution in [0.1, 0.15) is 42.2 Å². The summed E-state index contributed by atoms with van der Waals surface area (Å²) in [4.78, 5) is 13.0. The third-order valence-corrected chi connectivity index (χ3v) is 4.85. The van der Waals surface area contributed by atoms with Gasteiger partial charge in [-0.15, -0.1) is 22.9 Å². The van der Waals surface area contributed by atoms with Crippen LogP contribution in [0.4, 0.5) is 5.00 Å². The highest BCUT2D eigenvalue weighted by atomic mass is 35.5. The molecule has 102 valence electrons. The number of rotatable bonds is 4. The fourth-order valence-electron chi connectivity index (χ4n) is 2.37. The van der Waals surface area contributed by atoms with E-state index in [9.17, 15) is 10.1 Å². The number of halogens is 1. The number of fused-ring (bicyclic) bond motifs is 1. The van der Waals surface area contributed by atoms with E-state index < -0.39 is 0 Å². The molecule has 0 aromatic carbocycles. The highest BCUT2D eigenvalue weighted by Gasteiger charge is 2.24. The van der Waals surface area contributed by atoms with E-state index in [0.29, 0.717) is 30.2 Å². The molecule has 5 heteroatoms. The number of nitriles is 1. The van der Waals surface area contributed by atoms with E-state index in [1.165, 1.54) is 4.88 Å². The van der Waals surface area contributed by atoms with Crippen LogP contribution in [0.3, 0.4) is 0 Å². The molecule has 0 aliphatic heterocycles. The van der Waals surface area contributed by atoms with Crippen LogP contribution < -0.4 is 5.32 Å². The van der Waals surface area contributed by atoms with Gasteiger partial charge in [0.25, 0.3) is 0 Å². The smallest absolute Gasteiger partial charge is 0.225 e. The molecule has 1 aromatic heterocycles. The first kappa shape index (κ1) is 14.4. The van der Waals surface area contributed by atoms with Gasteiger partial charge in [0.15, 0.2) is 0 Å².